The van der Waals surface area contributed by atoms with E-state index in [2.05, 4.69) is 10.1 Å². The van der Waals surface area contributed by atoms with E-state index in [0.717, 1.165) is 16.7 Å². The summed E-state index contributed by atoms with van der Waals surface area (Å²) >= 11 is 1.11. The third-order valence-electron chi connectivity index (χ3n) is 2.57. The van der Waals surface area contributed by atoms with Gasteiger partial charge in [-0.15, -0.1) is 11.3 Å². The highest BCUT2D eigenvalue weighted by Crippen LogP contribution is 2.32. The third kappa shape index (κ3) is 1.58. The van der Waals surface area contributed by atoms with Crippen molar-refractivity contribution in [1.82, 2.24) is 10.1 Å². The summed E-state index contributed by atoms with van der Waals surface area (Å²) in [6.45, 7) is 1.67. The molecule has 6 heteroatoms. The summed E-state index contributed by atoms with van der Waals surface area (Å²) in [5.74, 6) is -0.968. The predicted molar refractivity (Wildman–Crippen MR) is 66.8 cm³/mol. The lowest BCUT2D eigenvalue weighted by atomic mass is 10.2. The summed E-state index contributed by atoms with van der Waals surface area (Å²) in [4.78, 5) is 15.5. The minimum atomic E-state index is -0.968. The van der Waals surface area contributed by atoms with Crippen molar-refractivity contribution in [1.29, 1.82) is 0 Å². The molecule has 0 saturated carbocycles. The van der Waals surface area contributed by atoms with Crippen LogP contribution in [-0.2, 0) is 0 Å². The first kappa shape index (κ1) is 10.9. The number of fused-ring (bicyclic) bond motifs is 1. The minimum Gasteiger partial charge on any atom is -0.477 e. The van der Waals surface area contributed by atoms with Crippen LogP contribution in [0.2, 0.25) is 0 Å². The largest absolute Gasteiger partial charge is 0.477 e. The van der Waals surface area contributed by atoms with E-state index >= 15 is 0 Å². The zero-order chi connectivity index (χ0) is 12.7. The molecule has 3 aromatic rings. The molecule has 0 spiro atoms. The molecule has 1 N–H and O–H groups in total. The summed E-state index contributed by atoms with van der Waals surface area (Å²) in [6.07, 6.45) is 0. The quantitative estimate of drug-likeness (QED) is 0.766. The molecule has 0 aliphatic carbocycles. The molecule has 0 bridgehead atoms. The molecular formula is C12H8N2O3S. The highest BCUT2D eigenvalue weighted by molar-refractivity contribution is 7.17. The number of aromatic carboxylic acids is 1. The number of hydrogen-bond donors (Lipinski definition) is 1. The van der Waals surface area contributed by atoms with Crippen molar-refractivity contribution in [3.05, 3.63) is 34.8 Å². The second kappa shape index (κ2) is 3.92. The van der Waals surface area contributed by atoms with E-state index in [1.54, 1.807) is 6.92 Å². The Hall–Kier alpha value is -2.21. The Morgan fingerprint density at radius 3 is 2.89 bits per heavy atom. The Bertz CT molecular complexity index is 745. The van der Waals surface area contributed by atoms with Crippen LogP contribution in [0.15, 0.2) is 28.8 Å². The molecule has 0 amide bonds. The number of carbonyl (C=O) groups is 1. The lowest BCUT2D eigenvalue weighted by molar-refractivity contribution is 0.0701. The van der Waals surface area contributed by atoms with Crippen molar-refractivity contribution in [2.75, 3.05) is 0 Å². The molecule has 2 aromatic heterocycles. The first-order valence-corrected chi connectivity index (χ1v) is 6.04. The maximum Gasteiger partial charge on any atom is 0.347 e. The van der Waals surface area contributed by atoms with Gasteiger partial charge in [-0.3, -0.25) is 0 Å². The smallest absolute Gasteiger partial charge is 0.347 e. The molecule has 0 unspecified atom stereocenters. The van der Waals surface area contributed by atoms with E-state index in [1.165, 1.54) is 0 Å². The molecule has 0 aliphatic heterocycles. The van der Waals surface area contributed by atoms with Gasteiger partial charge in [0.25, 0.3) is 0 Å². The molecule has 18 heavy (non-hydrogen) atoms. The number of carboxylic acids is 1. The lowest BCUT2D eigenvalue weighted by Crippen LogP contribution is -1.94. The van der Waals surface area contributed by atoms with Crippen LogP contribution >= 0.6 is 11.3 Å². The fourth-order valence-corrected chi connectivity index (χ4v) is 2.64. The Kier molecular flexibility index (Phi) is 2.38. The second-order valence-corrected chi connectivity index (χ2v) is 4.77. The lowest BCUT2D eigenvalue weighted by Gasteiger charge is -1.88. The van der Waals surface area contributed by atoms with Crippen LogP contribution in [0.3, 0.4) is 0 Å². The van der Waals surface area contributed by atoms with Gasteiger partial charge < -0.3 is 9.63 Å². The fraction of sp³-hybridized carbons (Fsp3) is 0.0833. The number of aryl methyl sites for hydroxylation is 1. The van der Waals surface area contributed by atoms with E-state index in [9.17, 15) is 4.79 Å². The van der Waals surface area contributed by atoms with Gasteiger partial charge in [-0.05, 0) is 19.1 Å². The minimum absolute atomic E-state index is 0.233. The molecular weight excluding hydrogens is 252 g/mol. The van der Waals surface area contributed by atoms with Crippen LogP contribution in [0, 0.1) is 6.92 Å². The predicted octanol–water partition coefficient (Wildman–Crippen LogP) is 2.96. The number of carboxylic acid groups (broad SMARTS) is 1. The van der Waals surface area contributed by atoms with E-state index in [-0.39, 0.29) is 4.88 Å². The van der Waals surface area contributed by atoms with Gasteiger partial charge >= 0.3 is 5.97 Å². The van der Waals surface area contributed by atoms with Gasteiger partial charge in [-0.2, -0.15) is 0 Å². The summed E-state index contributed by atoms with van der Waals surface area (Å²) in [5.41, 5.74) is 1.75. The first-order valence-electron chi connectivity index (χ1n) is 5.22. The van der Waals surface area contributed by atoms with Gasteiger partial charge in [0, 0.05) is 0 Å². The van der Waals surface area contributed by atoms with Crippen molar-refractivity contribution in [3.63, 3.8) is 0 Å². The highest BCUT2D eigenvalue weighted by Gasteiger charge is 2.19. The molecule has 0 saturated heterocycles. The van der Waals surface area contributed by atoms with Crippen LogP contribution in [0.4, 0.5) is 0 Å². The number of benzene rings is 1. The van der Waals surface area contributed by atoms with E-state index in [0.29, 0.717) is 22.0 Å². The van der Waals surface area contributed by atoms with Gasteiger partial charge in [0.05, 0.1) is 11.1 Å². The summed E-state index contributed by atoms with van der Waals surface area (Å²) in [7, 11) is 0. The standard InChI is InChI=1S/C12H8N2O3S/c1-6-10(12(15)16)18-11(13-6)9-7-4-2-3-5-8(7)17-14-9/h2-5H,1H3,(H,15,16). The topological polar surface area (TPSA) is 76.2 Å². The summed E-state index contributed by atoms with van der Waals surface area (Å²) < 4.78 is 5.18. The summed E-state index contributed by atoms with van der Waals surface area (Å²) in [5, 5.41) is 14.4. The van der Waals surface area contributed by atoms with E-state index in [1.807, 2.05) is 24.3 Å². The highest BCUT2D eigenvalue weighted by atomic mass is 32.1. The van der Waals surface area contributed by atoms with Gasteiger partial charge in [0.15, 0.2) is 5.58 Å². The van der Waals surface area contributed by atoms with Crippen LogP contribution in [-0.4, -0.2) is 21.2 Å². The molecule has 0 atom stereocenters. The maximum atomic E-state index is 11.0. The zero-order valence-electron chi connectivity index (χ0n) is 9.38. The van der Waals surface area contributed by atoms with E-state index in [4.69, 9.17) is 9.63 Å². The van der Waals surface area contributed by atoms with Crippen molar-refractivity contribution in [3.8, 4) is 10.7 Å². The molecule has 5 nitrogen and oxygen atoms in total. The number of para-hydroxylation sites is 1. The van der Waals surface area contributed by atoms with Gasteiger partial charge in [0.1, 0.15) is 15.6 Å². The number of thiazole rings is 1. The monoisotopic (exact) mass is 260 g/mol. The second-order valence-electron chi connectivity index (χ2n) is 3.77. The molecule has 90 valence electrons. The zero-order valence-corrected chi connectivity index (χ0v) is 10.2. The average Bonchev–Trinajstić information content (AvgIpc) is 2.92. The molecule has 1 aromatic carbocycles. The Morgan fingerprint density at radius 1 is 1.39 bits per heavy atom. The van der Waals surface area contributed by atoms with Gasteiger partial charge in [0.2, 0.25) is 0 Å². The molecule has 0 radical (unpaired) electrons. The average molecular weight is 260 g/mol. The molecule has 3 rings (SSSR count). The van der Waals surface area contributed by atoms with Crippen LogP contribution < -0.4 is 0 Å². The van der Waals surface area contributed by atoms with Crippen molar-refractivity contribution in [2.24, 2.45) is 0 Å². The number of nitrogens with zero attached hydrogens (tertiary/aromatic N) is 2. The van der Waals surface area contributed by atoms with Crippen molar-refractivity contribution < 1.29 is 14.4 Å². The summed E-state index contributed by atoms with van der Waals surface area (Å²) in [6, 6.07) is 7.41. The van der Waals surface area contributed by atoms with E-state index < -0.39 is 5.97 Å². The van der Waals surface area contributed by atoms with Crippen molar-refractivity contribution >= 4 is 28.3 Å². The van der Waals surface area contributed by atoms with Crippen LogP contribution in [0.25, 0.3) is 21.7 Å². The molecule has 0 fully saturated rings. The fourth-order valence-electron chi connectivity index (χ4n) is 1.74. The van der Waals surface area contributed by atoms with Crippen molar-refractivity contribution in [2.45, 2.75) is 6.92 Å². The normalized spacial score (nSPS) is 10.9. The maximum absolute atomic E-state index is 11.0. The first-order chi connectivity index (χ1) is 8.66. The Balaban J connectivity index is 2.20. The number of hydrogen-bond acceptors (Lipinski definition) is 5. The van der Waals surface area contributed by atoms with Crippen LogP contribution in [0.5, 0.6) is 0 Å². The molecule has 0 aliphatic rings. The Morgan fingerprint density at radius 2 is 2.17 bits per heavy atom. The third-order valence-corrected chi connectivity index (χ3v) is 3.72. The molecule has 2 heterocycles. The van der Waals surface area contributed by atoms with Gasteiger partial charge in [-0.1, -0.05) is 17.3 Å². The van der Waals surface area contributed by atoms with Gasteiger partial charge in [-0.25, -0.2) is 9.78 Å². The van der Waals surface area contributed by atoms with Crippen LogP contribution in [0.1, 0.15) is 15.4 Å². The number of aromatic nitrogens is 2. The Labute approximate surface area is 106 Å². The SMILES string of the molecule is Cc1nc(-c2noc3ccccc23)sc1C(=O)O. The number of rotatable bonds is 2.